The molecule has 2 atom stereocenters. The molecule has 1 heterocycles. The van der Waals surface area contributed by atoms with E-state index in [4.69, 9.17) is 4.52 Å². The normalized spacial score (nSPS) is 14.4. The molecular weight excluding hydrogens is 320 g/mol. The van der Waals surface area contributed by atoms with E-state index < -0.39 is 0 Å². The van der Waals surface area contributed by atoms with Crippen LogP contribution in [0, 0.1) is 5.92 Å². The van der Waals surface area contributed by atoms with E-state index in [1.807, 2.05) is 13.0 Å². The summed E-state index contributed by atoms with van der Waals surface area (Å²) in [6, 6.07) is 1.81. The average molecular weight is 355 g/mol. The van der Waals surface area contributed by atoms with E-state index in [0.29, 0.717) is 16.3 Å². The summed E-state index contributed by atoms with van der Waals surface area (Å²) in [7, 11) is 0.327. The molecule has 5 heteroatoms. The minimum Gasteiger partial charge on any atom is -0.359 e. The van der Waals surface area contributed by atoms with Crippen LogP contribution in [0.25, 0.3) is 0 Å². The molecule has 0 saturated heterocycles. The molecule has 0 aliphatic heterocycles. The number of nitrogens with zero attached hydrogens (tertiary/aromatic N) is 1. The van der Waals surface area contributed by atoms with Crippen LogP contribution in [0.15, 0.2) is 10.6 Å². The molecule has 0 spiro atoms. The third kappa shape index (κ3) is 7.65. The van der Waals surface area contributed by atoms with Crippen LogP contribution < -0.4 is 5.32 Å². The van der Waals surface area contributed by atoms with Gasteiger partial charge in [-0.05, 0) is 30.8 Å². The van der Waals surface area contributed by atoms with E-state index >= 15 is 0 Å². The third-order valence-electron chi connectivity index (χ3n) is 4.01. The van der Waals surface area contributed by atoms with Crippen molar-refractivity contribution in [1.82, 2.24) is 5.16 Å². The van der Waals surface area contributed by atoms with Gasteiger partial charge in [0.05, 0.1) is 0 Å². The Hall–Kier alpha value is -1.10. The fraction of sp³-hybridized carbons (Fsp3) is 0.737. The summed E-state index contributed by atoms with van der Waals surface area (Å²) in [6.07, 6.45) is 5.62. The van der Waals surface area contributed by atoms with Gasteiger partial charge in [-0.15, -0.1) is 0 Å². The first-order valence-corrected chi connectivity index (χ1v) is 10.7. The van der Waals surface area contributed by atoms with Gasteiger partial charge in [0, 0.05) is 17.4 Å². The maximum Gasteiger partial charge on any atom is 0.228 e. The van der Waals surface area contributed by atoms with Crippen LogP contribution in [0.5, 0.6) is 0 Å². The molecule has 0 radical (unpaired) electrons. The van der Waals surface area contributed by atoms with Gasteiger partial charge in [0.2, 0.25) is 5.91 Å². The van der Waals surface area contributed by atoms with Gasteiger partial charge < -0.3 is 9.84 Å². The summed E-state index contributed by atoms with van der Waals surface area (Å²) in [5.41, 5.74) is -0.105. The summed E-state index contributed by atoms with van der Waals surface area (Å²) in [6.45, 7) is 10.4. The Bertz CT molecular complexity index is 532. The van der Waals surface area contributed by atoms with Crippen molar-refractivity contribution in [3.63, 3.8) is 0 Å². The van der Waals surface area contributed by atoms with Gasteiger partial charge in [-0.25, -0.2) is 0 Å². The highest BCUT2D eigenvalue weighted by Crippen LogP contribution is 2.25. The molecule has 0 bridgehead atoms. The minimum absolute atomic E-state index is 0.00609. The van der Waals surface area contributed by atoms with Crippen molar-refractivity contribution in [2.75, 3.05) is 16.8 Å². The molecule has 1 amide bonds. The molecule has 0 saturated carbocycles. The molecule has 1 rings (SSSR count). The molecule has 1 unspecified atom stereocenters. The first-order chi connectivity index (χ1) is 11.2. The summed E-state index contributed by atoms with van der Waals surface area (Å²) in [4.78, 5) is 12.2. The zero-order valence-corrected chi connectivity index (χ0v) is 16.8. The summed E-state index contributed by atoms with van der Waals surface area (Å²) < 4.78 is 5.30. The van der Waals surface area contributed by atoms with Gasteiger partial charge in [0.15, 0.2) is 5.82 Å². The number of aromatic nitrogens is 1. The monoisotopic (exact) mass is 354 g/mol. The molecular formula is C19H34N2O2S. The van der Waals surface area contributed by atoms with E-state index in [1.165, 1.54) is 30.8 Å². The van der Waals surface area contributed by atoms with Crippen LogP contribution in [-0.2, 0) is 10.2 Å². The SMILES string of the molecule is C=S(CCC)CCCCC[C@H](C)C(=O)Nc1cc(C(C)(C)C)on1. The van der Waals surface area contributed by atoms with Crippen LogP contribution in [0.3, 0.4) is 0 Å². The Kier molecular flexibility index (Phi) is 8.74. The number of amides is 1. The highest BCUT2D eigenvalue weighted by atomic mass is 32.2. The molecule has 1 aromatic heterocycles. The van der Waals surface area contributed by atoms with Gasteiger partial charge in [-0.1, -0.05) is 58.5 Å². The lowest BCUT2D eigenvalue weighted by Gasteiger charge is -2.12. The number of nitrogens with one attached hydrogen (secondary N) is 1. The first-order valence-electron chi connectivity index (χ1n) is 8.99. The standard InChI is InChI=1S/C19H34N2O2S/c1-7-12-24(6)13-10-8-9-11-15(2)18(22)20-17-14-16(23-21-17)19(3,4)5/h14-15H,6-13H2,1-5H3,(H,20,21,22)/t15-,24?/m0/s1. The van der Waals surface area contributed by atoms with Gasteiger partial charge >= 0.3 is 0 Å². The van der Waals surface area contributed by atoms with Gasteiger partial charge in [-0.3, -0.25) is 4.79 Å². The second-order valence-corrected chi connectivity index (χ2v) is 9.63. The zero-order chi connectivity index (χ0) is 18.2. The van der Waals surface area contributed by atoms with Crippen LogP contribution in [0.1, 0.15) is 72.5 Å². The van der Waals surface area contributed by atoms with Crippen LogP contribution in [0.4, 0.5) is 5.82 Å². The van der Waals surface area contributed by atoms with Crippen molar-refractivity contribution in [3.05, 3.63) is 11.8 Å². The highest BCUT2D eigenvalue weighted by molar-refractivity contribution is 8.14. The van der Waals surface area contributed by atoms with Crippen molar-refractivity contribution in [3.8, 4) is 0 Å². The smallest absolute Gasteiger partial charge is 0.228 e. The Morgan fingerprint density at radius 2 is 2.04 bits per heavy atom. The minimum atomic E-state index is -0.105. The Balaban J connectivity index is 2.27. The first kappa shape index (κ1) is 20.9. The van der Waals surface area contributed by atoms with E-state index in [0.717, 1.165) is 18.6 Å². The number of hydrogen-bond acceptors (Lipinski definition) is 3. The molecule has 0 fully saturated rings. The van der Waals surface area contributed by atoms with Gasteiger partial charge in [0.1, 0.15) is 5.76 Å². The summed E-state index contributed by atoms with van der Waals surface area (Å²) >= 11 is 0. The second-order valence-electron chi connectivity index (χ2n) is 7.59. The average Bonchev–Trinajstić information content (AvgIpc) is 2.95. The highest BCUT2D eigenvalue weighted by Gasteiger charge is 2.21. The molecule has 1 N–H and O–H groups in total. The number of unbranched alkanes of at least 4 members (excludes halogenated alkanes) is 2. The maximum absolute atomic E-state index is 12.2. The predicted molar refractivity (Wildman–Crippen MR) is 106 cm³/mol. The van der Waals surface area contributed by atoms with Crippen LogP contribution in [-0.4, -0.2) is 28.4 Å². The fourth-order valence-electron chi connectivity index (χ4n) is 2.39. The molecule has 0 aliphatic rings. The quantitative estimate of drug-likeness (QED) is 0.463. The largest absolute Gasteiger partial charge is 0.359 e. The molecule has 24 heavy (non-hydrogen) atoms. The third-order valence-corrected chi connectivity index (χ3v) is 5.86. The molecule has 1 aromatic rings. The number of anilines is 1. The topological polar surface area (TPSA) is 55.1 Å². The van der Waals surface area contributed by atoms with Crippen LogP contribution >= 0.6 is 10.5 Å². The van der Waals surface area contributed by atoms with Crippen molar-refractivity contribution in [1.29, 1.82) is 0 Å². The van der Waals surface area contributed by atoms with Gasteiger partial charge in [0.25, 0.3) is 0 Å². The molecule has 0 aromatic carbocycles. The Morgan fingerprint density at radius 1 is 1.33 bits per heavy atom. The van der Waals surface area contributed by atoms with Crippen molar-refractivity contribution >= 4 is 28.1 Å². The lowest BCUT2D eigenvalue weighted by Crippen LogP contribution is -2.20. The molecule has 4 nitrogen and oxygen atoms in total. The number of rotatable bonds is 10. The Labute approximate surface area is 149 Å². The zero-order valence-electron chi connectivity index (χ0n) is 16.0. The number of carbonyl (C=O) groups excluding carboxylic acids is 1. The molecule has 138 valence electrons. The predicted octanol–water partition coefficient (Wildman–Crippen LogP) is 5.22. The maximum atomic E-state index is 12.2. The Morgan fingerprint density at radius 3 is 2.62 bits per heavy atom. The fourth-order valence-corrected chi connectivity index (χ4v) is 3.79. The van der Waals surface area contributed by atoms with Crippen LogP contribution in [0.2, 0.25) is 0 Å². The van der Waals surface area contributed by atoms with E-state index in [9.17, 15) is 4.79 Å². The van der Waals surface area contributed by atoms with E-state index in [2.05, 4.69) is 44.0 Å². The van der Waals surface area contributed by atoms with E-state index in [-0.39, 0.29) is 17.2 Å². The summed E-state index contributed by atoms with van der Waals surface area (Å²) in [5, 5.41) is 6.80. The van der Waals surface area contributed by atoms with Crippen molar-refractivity contribution in [2.45, 2.75) is 72.1 Å². The lowest BCUT2D eigenvalue weighted by molar-refractivity contribution is -0.119. The second kappa shape index (κ2) is 10.0. The van der Waals surface area contributed by atoms with Crippen molar-refractivity contribution in [2.24, 2.45) is 5.92 Å². The molecule has 0 aliphatic carbocycles. The summed E-state index contributed by atoms with van der Waals surface area (Å²) in [5.74, 6) is 7.98. The number of carbonyl (C=O) groups is 1. The van der Waals surface area contributed by atoms with Crippen molar-refractivity contribution < 1.29 is 9.32 Å². The van der Waals surface area contributed by atoms with E-state index in [1.54, 1.807) is 0 Å². The number of hydrogen-bond donors (Lipinski definition) is 1. The lowest BCUT2D eigenvalue weighted by atomic mass is 9.93. The van der Waals surface area contributed by atoms with Gasteiger partial charge in [-0.2, -0.15) is 10.5 Å².